The van der Waals surface area contributed by atoms with Crippen LogP contribution in [0.5, 0.6) is 0 Å². The second-order valence-corrected chi connectivity index (χ2v) is 5.77. The van der Waals surface area contributed by atoms with Crippen LogP contribution in [0.4, 0.5) is 0 Å². The lowest BCUT2D eigenvalue weighted by Crippen LogP contribution is -2.23. The molecule has 110 valence electrons. The molecule has 0 unspecified atom stereocenters. The second-order valence-electron chi connectivity index (χ2n) is 5.77. The number of ketones is 1. The molecule has 1 aliphatic carbocycles. The fourth-order valence-corrected chi connectivity index (χ4v) is 2.87. The van der Waals surface area contributed by atoms with E-state index in [0.717, 1.165) is 16.8 Å². The van der Waals surface area contributed by atoms with Gasteiger partial charge in [0, 0.05) is 41.9 Å². The number of aromatic nitrogens is 2. The molecule has 0 aromatic carbocycles. The van der Waals surface area contributed by atoms with Gasteiger partial charge in [0.05, 0.1) is 6.54 Å². The number of rotatable bonds is 6. The molecule has 0 saturated heterocycles. The van der Waals surface area contributed by atoms with Gasteiger partial charge in [-0.15, -0.1) is 0 Å². The molecule has 0 atom stereocenters. The van der Waals surface area contributed by atoms with Crippen molar-refractivity contribution >= 4 is 5.78 Å². The Labute approximate surface area is 125 Å². The van der Waals surface area contributed by atoms with E-state index in [1.807, 2.05) is 18.2 Å². The lowest BCUT2D eigenvalue weighted by atomic mass is 10.1. The molecule has 4 heteroatoms. The molecule has 0 spiro atoms. The number of carbonyl (C=O) groups excluding carboxylic acids is 1. The van der Waals surface area contributed by atoms with Crippen molar-refractivity contribution in [1.29, 1.82) is 0 Å². The Bertz CT molecular complexity index is 642. The molecule has 4 nitrogen and oxygen atoms in total. The normalized spacial score (nSPS) is 14.4. The quantitative estimate of drug-likeness (QED) is 0.829. The predicted octanol–water partition coefficient (Wildman–Crippen LogP) is 2.81. The maximum absolute atomic E-state index is 12.4. The highest BCUT2D eigenvalue weighted by Crippen LogP contribution is 2.38. The summed E-state index contributed by atoms with van der Waals surface area (Å²) < 4.78 is 2.32. The third kappa shape index (κ3) is 3.05. The number of hydrogen-bond donors (Lipinski definition) is 1. The van der Waals surface area contributed by atoms with E-state index in [1.54, 1.807) is 12.4 Å². The molecule has 0 amide bonds. The summed E-state index contributed by atoms with van der Waals surface area (Å²) in [6.07, 6.45) is 6.01. The first kappa shape index (κ1) is 14.0. The van der Waals surface area contributed by atoms with E-state index < -0.39 is 0 Å². The minimum atomic E-state index is 0.170. The van der Waals surface area contributed by atoms with Crippen molar-refractivity contribution in [2.24, 2.45) is 0 Å². The monoisotopic (exact) mass is 283 g/mol. The number of nitrogens with zero attached hydrogens (tertiary/aromatic N) is 2. The number of pyridine rings is 1. The highest BCUT2D eigenvalue weighted by molar-refractivity contribution is 5.99. The van der Waals surface area contributed by atoms with Crippen molar-refractivity contribution in [3.8, 4) is 0 Å². The van der Waals surface area contributed by atoms with Crippen LogP contribution < -0.4 is 5.32 Å². The number of aryl methyl sites for hydroxylation is 1. The zero-order valence-electron chi connectivity index (χ0n) is 12.6. The smallest absolute Gasteiger partial charge is 0.178 e. The summed E-state index contributed by atoms with van der Waals surface area (Å²) in [5.74, 6) is 0.170. The van der Waals surface area contributed by atoms with Gasteiger partial charge in [0.25, 0.3) is 0 Å². The molecule has 21 heavy (non-hydrogen) atoms. The summed E-state index contributed by atoms with van der Waals surface area (Å²) in [4.78, 5) is 16.4. The first-order valence-electron chi connectivity index (χ1n) is 7.48. The molecule has 0 bridgehead atoms. The lowest BCUT2D eigenvalue weighted by molar-refractivity contribution is 0.0990. The molecular formula is C17H21N3O. The van der Waals surface area contributed by atoms with Crippen LogP contribution in [-0.2, 0) is 6.54 Å². The fraction of sp³-hybridized carbons (Fsp3) is 0.412. The van der Waals surface area contributed by atoms with Crippen molar-refractivity contribution in [2.75, 3.05) is 6.54 Å². The summed E-state index contributed by atoms with van der Waals surface area (Å²) in [6, 6.07) is 6.56. The van der Waals surface area contributed by atoms with E-state index in [9.17, 15) is 4.79 Å². The molecule has 1 saturated carbocycles. The third-order valence-corrected chi connectivity index (χ3v) is 4.06. The fourth-order valence-electron chi connectivity index (χ4n) is 2.87. The molecule has 0 aliphatic heterocycles. The Balaban J connectivity index is 1.62. The summed E-state index contributed by atoms with van der Waals surface area (Å²) in [6.45, 7) is 5.21. The van der Waals surface area contributed by atoms with Crippen LogP contribution in [0.1, 0.15) is 46.2 Å². The van der Waals surface area contributed by atoms with Crippen LogP contribution in [-0.4, -0.2) is 21.9 Å². The standard InChI is InChI=1S/C17H21N3O/c1-12-9-16(13(2)20(12)15-3-4-15)17(21)11-19-10-14-5-7-18-8-6-14/h5-9,15,19H,3-4,10-11H2,1-2H3. The Morgan fingerprint density at radius 1 is 1.33 bits per heavy atom. The van der Waals surface area contributed by atoms with Crippen LogP contribution >= 0.6 is 0 Å². The average Bonchev–Trinajstić information content (AvgIpc) is 3.26. The second kappa shape index (κ2) is 5.82. The van der Waals surface area contributed by atoms with E-state index in [1.165, 1.54) is 18.5 Å². The zero-order valence-corrected chi connectivity index (χ0v) is 12.6. The molecule has 3 rings (SSSR count). The SMILES string of the molecule is Cc1cc(C(=O)CNCc2ccncc2)c(C)n1C1CC1. The number of nitrogens with one attached hydrogen (secondary N) is 1. The zero-order chi connectivity index (χ0) is 14.8. The maximum atomic E-state index is 12.4. The van der Waals surface area contributed by atoms with Gasteiger partial charge in [0.2, 0.25) is 0 Å². The molecule has 2 heterocycles. The van der Waals surface area contributed by atoms with Crippen molar-refractivity contribution in [2.45, 2.75) is 39.3 Å². The van der Waals surface area contributed by atoms with Crippen LogP contribution in [0.3, 0.4) is 0 Å². The van der Waals surface area contributed by atoms with Gasteiger partial charge in [-0.2, -0.15) is 0 Å². The Morgan fingerprint density at radius 2 is 2.05 bits per heavy atom. The number of Topliss-reactive ketones (excluding diaryl/α,β-unsaturated/α-hetero) is 1. The van der Waals surface area contributed by atoms with E-state index in [-0.39, 0.29) is 5.78 Å². The largest absolute Gasteiger partial charge is 0.345 e. The van der Waals surface area contributed by atoms with Crippen LogP contribution in [0.2, 0.25) is 0 Å². The van der Waals surface area contributed by atoms with Crippen molar-refractivity contribution in [3.05, 3.63) is 53.1 Å². The maximum Gasteiger partial charge on any atom is 0.178 e. The Kier molecular flexibility index (Phi) is 3.88. The average molecular weight is 283 g/mol. The summed E-state index contributed by atoms with van der Waals surface area (Å²) in [5.41, 5.74) is 4.32. The molecular weight excluding hydrogens is 262 g/mol. The minimum Gasteiger partial charge on any atom is -0.345 e. The lowest BCUT2D eigenvalue weighted by Gasteiger charge is -2.08. The van der Waals surface area contributed by atoms with E-state index in [4.69, 9.17) is 0 Å². The molecule has 2 aromatic heterocycles. The molecule has 1 N–H and O–H groups in total. The van der Waals surface area contributed by atoms with Gasteiger partial charge >= 0.3 is 0 Å². The van der Waals surface area contributed by atoms with Gasteiger partial charge in [-0.1, -0.05) is 0 Å². The van der Waals surface area contributed by atoms with Gasteiger partial charge in [-0.3, -0.25) is 9.78 Å². The van der Waals surface area contributed by atoms with Gasteiger partial charge < -0.3 is 9.88 Å². The molecule has 1 fully saturated rings. The Morgan fingerprint density at radius 3 is 2.71 bits per heavy atom. The molecule has 0 radical (unpaired) electrons. The van der Waals surface area contributed by atoms with Crippen molar-refractivity contribution in [3.63, 3.8) is 0 Å². The summed E-state index contributed by atoms with van der Waals surface area (Å²) >= 11 is 0. The van der Waals surface area contributed by atoms with Crippen LogP contribution in [0.25, 0.3) is 0 Å². The van der Waals surface area contributed by atoms with Gasteiger partial charge in [0.1, 0.15) is 0 Å². The highest BCUT2D eigenvalue weighted by Gasteiger charge is 2.28. The van der Waals surface area contributed by atoms with Crippen LogP contribution in [0.15, 0.2) is 30.6 Å². The van der Waals surface area contributed by atoms with Gasteiger partial charge in [-0.05, 0) is 50.5 Å². The third-order valence-electron chi connectivity index (χ3n) is 4.06. The Hall–Kier alpha value is -1.94. The first-order chi connectivity index (χ1) is 10.2. The van der Waals surface area contributed by atoms with E-state index in [0.29, 0.717) is 19.1 Å². The van der Waals surface area contributed by atoms with E-state index >= 15 is 0 Å². The number of hydrogen-bond acceptors (Lipinski definition) is 3. The topological polar surface area (TPSA) is 46.9 Å². The van der Waals surface area contributed by atoms with E-state index in [2.05, 4.69) is 28.7 Å². The first-order valence-corrected chi connectivity index (χ1v) is 7.48. The van der Waals surface area contributed by atoms with Gasteiger partial charge in [-0.25, -0.2) is 0 Å². The molecule has 1 aliphatic rings. The summed E-state index contributed by atoms with van der Waals surface area (Å²) in [5, 5.41) is 3.21. The highest BCUT2D eigenvalue weighted by atomic mass is 16.1. The minimum absolute atomic E-state index is 0.170. The van der Waals surface area contributed by atoms with Crippen LogP contribution in [0, 0.1) is 13.8 Å². The van der Waals surface area contributed by atoms with Gasteiger partial charge in [0.15, 0.2) is 5.78 Å². The molecule has 2 aromatic rings. The van der Waals surface area contributed by atoms with Crippen molar-refractivity contribution in [1.82, 2.24) is 14.9 Å². The predicted molar refractivity (Wildman–Crippen MR) is 82.5 cm³/mol. The summed E-state index contributed by atoms with van der Waals surface area (Å²) in [7, 11) is 0. The van der Waals surface area contributed by atoms with Crippen molar-refractivity contribution < 1.29 is 4.79 Å². The number of carbonyl (C=O) groups is 1.